The van der Waals surface area contributed by atoms with Gasteiger partial charge in [-0.1, -0.05) is 0 Å². The minimum absolute atomic E-state index is 0. The van der Waals surface area contributed by atoms with Gasteiger partial charge in [0.2, 0.25) is 0 Å². The molecule has 2 rings (SSSR count). The molecule has 0 bridgehead atoms. The van der Waals surface area contributed by atoms with E-state index in [1.54, 1.807) is 0 Å². The van der Waals surface area contributed by atoms with Crippen LogP contribution in [0.3, 0.4) is 0 Å². The largest absolute Gasteiger partial charge is 0.0499 e. The molecule has 2 aliphatic carbocycles. The van der Waals surface area contributed by atoms with E-state index in [0.29, 0.717) is 0 Å². The third-order valence-electron chi connectivity index (χ3n) is 1.11. The maximum atomic E-state index is 3.25. The first-order valence-electron chi connectivity index (χ1n) is 4.15. The Balaban J connectivity index is 0. The minimum atomic E-state index is 0. The molecule has 0 N–H and O–H groups in total. The molecular formula is C13H15Ho. The molecule has 14 heavy (non-hydrogen) atoms. The zero-order valence-electron chi connectivity index (χ0n) is 8.07. The molecule has 0 aromatic rings. The predicted octanol–water partition coefficient (Wildman–Crippen LogP) is 2.90. The fourth-order valence-electron chi connectivity index (χ4n) is 0.642. The molecule has 0 atom stereocenters. The van der Waals surface area contributed by atoms with Crippen molar-refractivity contribution in [1.82, 2.24) is 0 Å². The van der Waals surface area contributed by atoms with Gasteiger partial charge < -0.3 is 0 Å². The van der Waals surface area contributed by atoms with Gasteiger partial charge in [-0.05, 0) is 84.5 Å². The fourth-order valence-corrected chi connectivity index (χ4v) is 0.642. The molecule has 0 spiro atoms. The Morgan fingerprint density at radius 2 is 0.571 bits per heavy atom. The Bertz CT molecular complexity index is 48.1. The Morgan fingerprint density at radius 3 is 0.643 bits per heavy atom. The Morgan fingerprint density at radius 1 is 0.500 bits per heavy atom. The quantitative estimate of drug-likeness (QED) is 0.597. The average Bonchev–Trinajstić information content (AvgIpc) is 2.85. The third kappa shape index (κ3) is 15.7. The van der Waals surface area contributed by atoms with Crippen LogP contribution in [0.4, 0.5) is 0 Å². The van der Waals surface area contributed by atoms with Gasteiger partial charge in [-0.2, -0.15) is 0 Å². The second kappa shape index (κ2) is 16.7. The van der Waals surface area contributed by atoms with Gasteiger partial charge in [0.05, 0.1) is 0 Å². The summed E-state index contributed by atoms with van der Waals surface area (Å²) >= 11 is 0. The van der Waals surface area contributed by atoms with Crippen LogP contribution in [0.2, 0.25) is 0 Å². The summed E-state index contributed by atoms with van der Waals surface area (Å²) in [6, 6.07) is 0. The molecule has 0 aliphatic heterocycles. The van der Waals surface area contributed by atoms with Gasteiger partial charge >= 0.3 is 0 Å². The monoisotopic (exact) mass is 336 g/mol. The molecule has 2 fully saturated rings. The zero-order valence-corrected chi connectivity index (χ0v) is 10.0. The van der Waals surface area contributed by atoms with Crippen LogP contribution in [0.15, 0.2) is 0 Å². The second-order valence-electron chi connectivity index (χ2n) is 2.21. The van der Waals surface area contributed by atoms with Gasteiger partial charge in [0.1, 0.15) is 0 Å². The summed E-state index contributed by atoms with van der Waals surface area (Å²) in [6.45, 7) is 6.50. The van der Waals surface area contributed by atoms with Gasteiger partial charge in [-0.25, -0.2) is 0 Å². The number of rotatable bonds is 0. The molecule has 0 amide bonds. The molecule has 0 aromatic heterocycles. The summed E-state index contributed by atoms with van der Waals surface area (Å²) in [7, 11) is 0. The molecule has 2 saturated carbocycles. The van der Waals surface area contributed by atoms with Crippen molar-refractivity contribution in [2.24, 2.45) is 0 Å². The molecule has 0 aromatic carbocycles. The van der Waals surface area contributed by atoms with Crippen molar-refractivity contribution in [3.05, 3.63) is 84.5 Å². The van der Waals surface area contributed by atoms with Gasteiger partial charge in [-0.3, -0.25) is 0 Å². The predicted molar refractivity (Wildman–Crippen MR) is 58.0 cm³/mol. The number of hydrogen-bond acceptors (Lipinski definition) is 0. The molecule has 0 unspecified atom stereocenters. The average molecular weight is 336 g/mol. The van der Waals surface area contributed by atoms with Gasteiger partial charge in [0.15, 0.2) is 0 Å². The Kier molecular flexibility index (Phi) is 21.0. The van der Waals surface area contributed by atoms with Crippen LogP contribution in [-0.2, 0) is 0 Å². The third-order valence-corrected chi connectivity index (χ3v) is 1.11. The summed E-state index contributed by atoms with van der Waals surface area (Å²) in [6.07, 6.45) is 21.5. The number of hydrogen-bond donors (Lipinski definition) is 0. The standard InChI is InChI=1S/2C5H5.C3H5.Ho/c2*1-2-4-5-3-1;1-3-2;/h2*1-5H;3H,1-2H2;. The van der Waals surface area contributed by atoms with Crippen LogP contribution in [0.25, 0.3) is 0 Å². The van der Waals surface area contributed by atoms with Gasteiger partial charge in [0, 0.05) is 37.7 Å². The van der Waals surface area contributed by atoms with E-state index < -0.39 is 0 Å². The maximum Gasteiger partial charge on any atom is 0 e. The summed E-state index contributed by atoms with van der Waals surface area (Å²) in [4.78, 5) is 0. The zero-order chi connectivity index (χ0) is 9.78. The van der Waals surface area contributed by atoms with Crippen molar-refractivity contribution in [3.63, 3.8) is 0 Å². The van der Waals surface area contributed by atoms with Crippen LogP contribution in [0, 0.1) is 122 Å². The van der Waals surface area contributed by atoms with Crippen molar-refractivity contribution in [2.45, 2.75) is 0 Å². The first-order valence-corrected chi connectivity index (χ1v) is 4.15. The van der Waals surface area contributed by atoms with E-state index in [2.05, 4.69) is 13.8 Å². The molecular weight excluding hydrogens is 321 g/mol. The van der Waals surface area contributed by atoms with Crippen LogP contribution in [-0.4, -0.2) is 0 Å². The van der Waals surface area contributed by atoms with Crippen molar-refractivity contribution in [2.75, 3.05) is 0 Å². The molecule has 2 aliphatic rings. The molecule has 0 heterocycles. The van der Waals surface area contributed by atoms with Gasteiger partial charge in [0.25, 0.3) is 0 Å². The topological polar surface area (TPSA) is 0 Å². The molecule has 14 radical (unpaired) electrons. The van der Waals surface area contributed by atoms with Crippen LogP contribution in [0.5, 0.6) is 0 Å². The minimum Gasteiger partial charge on any atom is -0.0499 e. The van der Waals surface area contributed by atoms with E-state index in [1.165, 1.54) is 6.42 Å². The first kappa shape index (κ1) is 17.6. The summed E-state index contributed by atoms with van der Waals surface area (Å²) < 4.78 is 0. The smallest absolute Gasteiger partial charge is 0 e. The van der Waals surface area contributed by atoms with E-state index in [0.717, 1.165) is 0 Å². The molecule has 0 nitrogen and oxygen atoms in total. The van der Waals surface area contributed by atoms with Crippen molar-refractivity contribution in [3.8, 4) is 0 Å². The fraction of sp³-hybridized carbons (Fsp3) is 0. The van der Waals surface area contributed by atoms with Crippen molar-refractivity contribution < 1.29 is 37.7 Å². The normalized spacial score (nSPS) is 18.4. The van der Waals surface area contributed by atoms with E-state index in [4.69, 9.17) is 0 Å². The summed E-state index contributed by atoms with van der Waals surface area (Å²) in [5.74, 6) is 0. The first-order chi connectivity index (χ1) is 6.41. The second-order valence-corrected chi connectivity index (χ2v) is 2.21. The Hall–Kier alpha value is 1.26. The van der Waals surface area contributed by atoms with E-state index in [9.17, 15) is 0 Å². The van der Waals surface area contributed by atoms with Crippen LogP contribution < -0.4 is 0 Å². The van der Waals surface area contributed by atoms with Crippen molar-refractivity contribution >= 4 is 0 Å². The Labute approximate surface area is 121 Å². The maximum absolute atomic E-state index is 3.25. The van der Waals surface area contributed by atoms with E-state index in [1.807, 2.05) is 64.2 Å². The van der Waals surface area contributed by atoms with E-state index >= 15 is 0 Å². The van der Waals surface area contributed by atoms with Crippen molar-refractivity contribution in [1.29, 1.82) is 0 Å². The SMILES string of the molecule is [CH2][CH][CH2].[CH]1[CH][CH][CH][CH]1.[CH]1[CH][CH][CH][CH]1.[Ho]. The summed E-state index contributed by atoms with van der Waals surface area (Å²) in [5.41, 5.74) is 0. The summed E-state index contributed by atoms with van der Waals surface area (Å²) in [5, 5.41) is 0. The van der Waals surface area contributed by atoms with Gasteiger partial charge in [-0.15, -0.1) is 0 Å². The van der Waals surface area contributed by atoms with E-state index in [-0.39, 0.29) is 37.7 Å². The molecule has 0 saturated heterocycles. The van der Waals surface area contributed by atoms with Crippen LogP contribution in [0.1, 0.15) is 0 Å². The molecule has 78 valence electrons. The van der Waals surface area contributed by atoms with Crippen LogP contribution >= 0.6 is 0 Å². The molecule has 1 heteroatoms.